The molecule has 0 aromatic heterocycles. The largest absolute Gasteiger partial charge is 0.492 e. The molecule has 0 aliphatic carbocycles. The Morgan fingerprint density at radius 2 is 1.29 bits per heavy atom. The molecule has 1 amide bonds. The average Bonchev–Trinajstić information content (AvgIpc) is 3.29. The summed E-state index contributed by atoms with van der Waals surface area (Å²) >= 11 is 0. The number of terminal acetylenes is 1. The maximum absolute atomic E-state index is 12.2. The predicted octanol–water partition coefficient (Wildman–Crippen LogP) is 6.51. The van der Waals surface area contributed by atoms with Gasteiger partial charge in [-0.1, -0.05) is 65.0 Å². The zero-order valence-electron chi connectivity index (χ0n) is 40.4. The lowest BCUT2D eigenvalue weighted by atomic mass is 10.1. The Bertz CT molecular complexity index is 1490. The Morgan fingerprint density at radius 3 is 1.75 bits per heavy atom. The molecule has 1 aromatic rings. The minimum atomic E-state index is -0.250. The van der Waals surface area contributed by atoms with E-state index in [1.54, 1.807) is 19.1 Å². The van der Waals surface area contributed by atoms with Crippen molar-refractivity contribution in [1.29, 1.82) is 0 Å². The number of rotatable bonds is 35. The summed E-state index contributed by atoms with van der Waals surface area (Å²) in [6.07, 6.45) is 18.0. The summed E-state index contributed by atoms with van der Waals surface area (Å²) in [5, 5.41) is 26.6. The molecule has 7 N–H and O–H groups in total. The van der Waals surface area contributed by atoms with Crippen molar-refractivity contribution in [3.05, 3.63) is 65.2 Å². The van der Waals surface area contributed by atoms with Gasteiger partial charge in [0.1, 0.15) is 18.6 Å². The van der Waals surface area contributed by atoms with Crippen LogP contribution in [0.15, 0.2) is 69.6 Å². The van der Waals surface area contributed by atoms with Crippen molar-refractivity contribution in [1.82, 2.24) is 10.6 Å². The molecular formula is C48H82N6O11. The molecular weight excluding hydrogens is 837 g/mol. The quantitative estimate of drug-likeness (QED) is 0.00811. The summed E-state index contributed by atoms with van der Waals surface area (Å²) in [6, 6.07) is 7.15. The number of amidine groups is 1. The second-order valence-corrected chi connectivity index (χ2v) is 13.6. The molecule has 0 spiro atoms. The molecule has 17 nitrogen and oxygen atoms in total. The van der Waals surface area contributed by atoms with Crippen molar-refractivity contribution >= 4 is 35.9 Å². The van der Waals surface area contributed by atoms with Crippen molar-refractivity contribution in [2.45, 2.75) is 86.5 Å². The number of likely N-dealkylation sites (N-methyl/N-ethyl adjacent to an activating group) is 1. The van der Waals surface area contributed by atoms with Crippen molar-refractivity contribution < 1.29 is 53.0 Å². The fraction of sp³-hybridized carbons (Fsp3) is 0.604. The van der Waals surface area contributed by atoms with Crippen molar-refractivity contribution in [2.75, 3.05) is 111 Å². The number of aliphatic hydroxyl groups excluding tert-OH is 1. The van der Waals surface area contributed by atoms with Gasteiger partial charge in [-0.15, -0.1) is 6.42 Å². The number of aliphatic hydroxyl groups is 1. The van der Waals surface area contributed by atoms with Crippen LogP contribution >= 0.6 is 0 Å². The van der Waals surface area contributed by atoms with Gasteiger partial charge >= 0.3 is 0 Å². The highest BCUT2D eigenvalue weighted by molar-refractivity contribution is 5.99. The Hall–Kier alpha value is -4.93. The van der Waals surface area contributed by atoms with Gasteiger partial charge in [0.25, 0.3) is 12.4 Å². The highest BCUT2D eigenvalue weighted by Crippen LogP contribution is 2.18. The van der Waals surface area contributed by atoms with E-state index >= 15 is 0 Å². The highest BCUT2D eigenvalue weighted by Gasteiger charge is 2.10. The number of allylic oxidation sites excluding steroid dienone is 3. The number of unbranched alkanes of at least 4 members (excludes halogenated alkanes) is 3. The molecule has 0 radical (unpaired) electrons. The summed E-state index contributed by atoms with van der Waals surface area (Å²) in [5.41, 5.74) is 8.99. The second kappa shape index (κ2) is 51.7. The molecule has 370 valence electrons. The average molecular weight is 919 g/mol. The summed E-state index contributed by atoms with van der Waals surface area (Å²) < 4.78 is 31.8. The van der Waals surface area contributed by atoms with E-state index in [1.165, 1.54) is 6.42 Å². The highest BCUT2D eigenvalue weighted by atomic mass is 16.6. The number of aldehydes is 1. The number of carbonyl (C=O) groups is 3. The minimum Gasteiger partial charge on any atom is -0.492 e. The summed E-state index contributed by atoms with van der Waals surface area (Å²) in [4.78, 5) is 39.7. The third-order valence-corrected chi connectivity index (χ3v) is 7.57. The molecule has 17 heteroatoms. The number of anilines is 1. The van der Waals surface area contributed by atoms with Gasteiger partial charge in [-0.05, 0) is 76.1 Å². The lowest BCUT2D eigenvalue weighted by molar-refractivity contribution is -0.122. The summed E-state index contributed by atoms with van der Waals surface area (Å²) in [7, 11) is 1.89. The number of hydrogen-bond donors (Lipinski definition) is 6. The molecule has 0 aliphatic rings. The Kier molecular flexibility index (Phi) is 51.2. The molecule has 0 fully saturated rings. The number of carbonyl (C=O) groups excluding carboxylic acids is 2. The first kappa shape index (κ1) is 64.4. The van der Waals surface area contributed by atoms with Crippen LogP contribution in [0.2, 0.25) is 0 Å². The monoisotopic (exact) mass is 919 g/mol. The van der Waals surface area contributed by atoms with E-state index in [1.807, 2.05) is 38.3 Å². The number of carboxylic acid groups (broad SMARTS) is 1. The minimum absolute atomic E-state index is 0.174. The van der Waals surface area contributed by atoms with Gasteiger partial charge in [-0.2, -0.15) is 4.99 Å². The van der Waals surface area contributed by atoms with Crippen LogP contribution in [-0.2, 0) is 38.0 Å². The lowest BCUT2D eigenvalue weighted by Gasteiger charge is -2.11. The topological polar surface area (TPSA) is 234 Å². The zero-order valence-corrected chi connectivity index (χ0v) is 40.4. The van der Waals surface area contributed by atoms with E-state index < -0.39 is 0 Å². The molecule has 1 rings (SSSR count). The Morgan fingerprint density at radius 1 is 0.785 bits per heavy atom. The summed E-state index contributed by atoms with van der Waals surface area (Å²) in [6.45, 7) is 20.0. The number of hydrogen-bond acceptors (Lipinski definition) is 14. The normalized spacial score (nSPS) is 11.8. The number of nitrogens with zero attached hydrogens (tertiary/aromatic N) is 2. The van der Waals surface area contributed by atoms with Crippen LogP contribution in [0.3, 0.4) is 0 Å². The van der Waals surface area contributed by atoms with E-state index in [2.05, 4.69) is 60.6 Å². The third-order valence-electron chi connectivity index (χ3n) is 7.57. The van der Waals surface area contributed by atoms with Crippen LogP contribution in [0.5, 0.6) is 0 Å². The molecule has 0 atom stereocenters. The van der Waals surface area contributed by atoms with E-state index in [-0.39, 0.29) is 24.1 Å². The van der Waals surface area contributed by atoms with Gasteiger partial charge in [-0.25, -0.2) is 4.99 Å². The first-order valence-corrected chi connectivity index (χ1v) is 22.4. The molecule has 1 aromatic carbocycles. The Balaban J connectivity index is -0.00000113. The van der Waals surface area contributed by atoms with Gasteiger partial charge in [0, 0.05) is 30.8 Å². The van der Waals surface area contributed by atoms with Crippen LogP contribution < -0.4 is 21.7 Å². The van der Waals surface area contributed by atoms with Crippen molar-refractivity contribution in [2.24, 2.45) is 15.7 Å². The number of ether oxygens (including phenoxy) is 6. The number of benzene rings is 1. The third kappa shape index (κ3) is 45.4. The molecule has 0 unspecified atom stereocenters. The van der Waals surface area contributed by atoms with Crippen LogP contribution in [0, 0.1) is 12.3 Å². The first-order chi connectivity index (χ1) is 31.6. The van der Waals surface area contributed by atoms with E-state index in [0.29, 0.717) is 116 Å². The molecule has 0 aliphatic heterocycles. The molecule has 0 saturated carbocycles. The molecule has 0 heterocycles. The van der Waals surface area contributed by atoms with Crippen molar-refractivity contribution in [3.63, 3.8) is 0 Å². The van der Waals surface area contributed by atoms with Crippen molar-refractivity contribution in [3.8, 4) is 12.3 Å². The molecule has 65 heavy (non-hydrogen) atoms. The zero-order chi connectivity index (χ0) is 49.0. The van der Waals surface area contributed by atoms with E-state index in [4.69, 9.17) is 55.5 Å². The maximum atomic E-state index is 12.2. The lowest BCUT2D eigenvalue weighted by Crippen LogP contribution is -2.24. The van der Waals surface area contributed by atoms with E-state index in [9.17, 15) is 14.7 Å². The van der Waals surface area contributed by atoms with E-state index in [0.717, 1.165) is 55.5 Å². The first-order valence-electron chi connectivity index (χ1n) is 22.4. The van der Waals surface area contributed by atoms with Crippen LogP contribution in [0.4, 0.5) is 5.69 Å². The smallest absolute Gasteiger partial charge is 0.290 e. The fourth-order valence-electron chi connectivity index (χ4n) is 4.48. The van der Waals surface area contributed by atoms with Gasteiger partial charge in [0.15, 0.2) is 0 Å². The standard InChI is InChI=1S/C28H41N5O3.C16H31NO6.C3H8.CH2O2/c1-5-7-9-13-25(33-26(21(3)12-8-6-2)28(36)32-22(4)29)20-31-24-16-14-23(15-17-24)27(35)30-18-10-11-19-34;1-3-5-18-7-9-20-11-13-22-15-16-23-14-12-21-10-8-19-6-4-17-2;1-3-2;2-1-3/h9,12-17,19,31,36H,5-8,10-11,18,20H2,1-4H3,(H2,29,32)(H,30,35);1,17H,4-16H2,2H3;3H2,1-2H3;1H,(H,2,3)/b13-9+,21-12+,28-26-,33-25-;;;. The summed E-state index contributed by atoms with van der Waals surface area (Å²) in [5.74, 6) is 2.25. The van der Waals surface area contributed by atoms with Gasteiger partial charge < -0.3 is 65.1 Å². The molecule has 0 saturated heterocycles. The van der Waals surface area contributed by atoms with Crippen LogP contribution in [0.1, 0.15) is 96.8 Å². The van der Waals surface area contributed by atoms with Crippen LogP contribution in [-0.4, -0.2) is 146 Å². The second-order valence-electron chi connectivity index (χ2n) is 13.6. The number of amides is 1. The number of nitrogens with two attached hydrogens (primary N) is 1. The fourth-order valence-corrected chi connectivity index (χ4v) is 4.48. The number of nitrogens with one attached hydrogen (secondary N) is 3. The van der Waals surface area contributed by atoms with Gasteiger partial charge in [0.05, 0.1) is 90.8 Å². The molecule has 0 bridgehead atoms. The van der Waals surface area contributed by atoms with Gasteiger partial charge in [-0.3, -0.25) is 9.59 Å². The SMILES string of the molecule is C#CCOCCOCCOCCOCCOCCOCCNC.CCC.CCC/C=C/C(CNc1ccc(C(=O)NCCCC=O)cc1)=N/C(=C(O)/N=C(\C)N)C(/C)=C/CCC.O=CO. The Labute approximate surface area is 389 Å². The number of aliphatic imine (C=N–C) groups is 2. The van der Waals surface area contributed by atoms with Crippen LogP contribution in [0.25, 0.3) is 0 Å². The van der Waals surface area contributed by atoms with Gasteiger partial charge in [0.2, 0.25) is 5.88 Å². The predicted molar refractivity (Wildman–Crippen MR) is 262 cm³/mol. The maximum Gasteiger partial charge on any atom is 0.290 e.